The molecule has 7 aromatic carbocycles. The van der Waals surface area contributed by atoms with E-state index >= 15 is 0 Å². The maximum atomic E-state index is 13.3. The molecule has 0 aliphatic rings. The lowest BCUT2D eigenvalue weighted by Crippen LogP contribution is -2.15. The molecule has 0 aliphatic carbocycles. The Morgan fingerprint density at radius 3 is 1.55 bits per heavy atom. The van der Waals surface area contributed by atoms with Crippen LogP contribution in [0.15, 0.2) is 127 Å². The number of amides is 2. The number of rotatable bonds is 10. The first-order valence-corrected chi connectivity index (χ1v) is 20.5. The van der Waals surface area contributed by atoms with Crippen molar-refractivity contribution in [3.8, 4) is 28.7 Å². The lowest BCUT2D eigenvalue weighted by atomic mass is 10.1. The predicted molar refractivity (Wildman–Crippen MR) is 240 cm³/mol. The molecule has 0 saturated heterocycles. The van der Waals surface area contributed by atoms with Crippen LogP contribution in [0.4, 0.5) is 37.7 Å². The largest absolute Gasteiger partial charge is 0.507 e. The number of ether oxygens (including phenoxy) is 2. The molecule has 0 atom stereocenters. The molecule has 19 heteroatoms. The normalized spacial score (nSPS) is 11.4. The molecule has 0 bridgehead atoms. The first-order chi connectivity index (χ1) is 30.7. The van der Waals surface area contributed by atoms with Crippen molar-refractivity contribution in [3.63, 3.8) is 0 Å². The number of carbonyl (C=O) groups is 2. The van der Waals surface area contributed by atoms with Gasteiger partial charge in [-0.05, 0) is 103 Å². The summed E-state index contributed by atoms with van der Waals surface area (Å²) >= 11 is 29.8. The predicted octanol–water partition coefficient (Wildman–Crippen LogP) is 15.2. The number of hydrogen-bond donors (Lipinski definition) is 4. The number of phenols is 2. The van der Waals surface area contributed by atoms with Gasteiger partial charge in [-0.2, -0.15) is 26.3 Å². The van der Waals surface area contributed by atoms with E-state index in [-0.39, 0.29) is 62.2 Å². The smallest absolute Gasteiger partial charge is 0.416 e. The Morgan fingerprint density at radius 2 is 1.02 bits per heavy atom. The molecule has 0 radical (unpaired) electrons. The number of aromatic hydroxyl groups is 2. The van der Waals surface area contributed by atoms with Crippen LogP contribution in [0.25, 0.3) is 10.8 Å². The van der Waals surface area contributed by atoms with Gasteiger partial charge in [0.1, 0.15) is 23.0 Å². The second kappa shape index (κ2) is 20.4. The summed E-state index contributed by atoms with van der Waals surface area (Å²) in [5.41, 5.74) is -2.01. The summed E-state index contributed by atoms with van der Waals surface area (Å²) in [6.07, 6.45) is -8.89. The molecule has 0 unspecified atom stereocenters. The van der Waals surface area contributed by atoms with Gasteiger partial charge in [0.2, 0.25) is 0 Å². The van der Waals surface area contributed by atoms with Gasteiger partial charge in [-0.15, -0.1) is 0 Å². The van der Waals surface area contributed by atoms with Crippen LogP contribution in [-0.2, 0) is 18.8 Å². The van der Waals surface area contributed by atoms with E-state index in [0.717, 1.165) is 42.0 Å². The highest BCUT2D eigenvalue weighted by Gasteiger charge is 2.33. The summed E-state index contributed by atoms with van der Waals surface area (Å²) in [5.74, 6) is -2.15. The molecule has 0 heterocycles. The van der Waals surface area contributed by atoms with Crippen molar-refractivity contribution in [1.29, 1.82) is 0 Å². The van der Waals surface area contributed by atoms with Gasteiger partial charge in [0.15, 0.2) is 5.75 Å². The number of halogens is 11. The van der Waals surface area contributed by atoms with E-state index in [0.29, 0.717) is 38.0 Å². The van der Waals surface area contributed by atoms with Crippen LogP contribution in [0.1, 0.15) is 37.4 Å². The monoisotopic (exact) mass is 994 g/mol. The molecule has 0 aromatic heterocycles. The fourth-order valence-electron chi connectivity index (χ4n) is 6.00. The topological polar surface area (TPSA) is 117 Å². The summed E-state index contributed by atoms with van der Waals surface area (Å²) in [6, 6.07) is 28.3. The second-order valence-electron chi connectivity index (χ2n) is 13.7. The lowest BCUT2D eigenvalue weighted by Gasteiger charge is -2.17. The third-order valence-electron chi connectivity index (χ3n) is 9.20. The van der Waals surface area contributed by atoms with Crippen molar-refractivity contribution in [3.05, 3.63) is 180 Å². The molecule has 65 heavy (non-hydrogen) atoms. The minimum absolute atomic E-state index is 0.0212. The van der Waals surface area contributed by atoms with Gasteiger partial charge in [0.05, 0.1) is 50.3 Å². The number of carbonyl (C=O) groups excluding carboxylic acids is 2. The van der Waals surface area contributed by atoms with Gasteiger partial charge in [-0.1, -0.05) is 88.3 Å². The lowest BCUT2D eigenvalue weighted by molar-refractivity contribution is -0.138. The zero-order valence-corrected chi connectivity index (χ0v) is 36.5. The maximum Gasteiger partial charge on any atom is 0.416 e. The highest BCUT2D eigenvalue weighted by molar-refractivity contribution is 6.42. The van der Waals surface area contributed by atoms with Crippen LogP contribution in [0.2, 0.25) is 25.1 Å². The molecular formula is C46H29Cl5F6N2O6. The molecule has 0 fully saturated rings. The Hall–Kier alpha value is -6.03. The number of benzene rings is 7. The first kappa shape index (κ1) is 48.4. The van der Waals surface area contributed by atoms with E-state index in [1.807, 2.05) is 0 Å². The van der Waals surface area contributed by atoms with E-state index in [2.05, 4.69) is 10.6 Å². The fourth-order valence-corrected chi connectivity index (χ4v) is 6.89. The van der Waals surface area contributed by atoms with Crippen LogP contribution in [-0.4, -0.2) is 28.6 Å². The molecule has 0 aliphatic heterocycles. The fraction of sp³-hybridized carbons (Fsp3) is 0.0870. The number of fused-ring (bicyclic) bond motifs is 1. The number of anilines is 2. The molecular weight excluding hydrogens is 968 g/mol. The molecule has 8 nitrogen and oxygen atoms in total. The van der Waals surface area contributed by atoms with Gasteiger partial charge in [0, 0.05) is 32.3 Å². The van der Waals surface area contributed by atoms with Crippen LogP contribution < -0.4 is 20.1 Å². The van der Waals surface area contributed by atoms with Gasteiger partial charge >= 0.3 is 12.4 Å². The van der Waals surface area contributed by atoms with Crippen molar-refractivity contribution < 1.29 is 55.6 Å². The highest BCUT2D eigenvalue weighted by Crippen LogP contribution is 2.41. The number of alkyl halides is 6. The zero-order chi connectivity index (χ0) is 47.2. The van der Waals surface area contributed by atoms with E-state index in [4.69, 9.17) is 67.5 Å². The molecule has 0 saturated carbocycles. The van der Waals surface area contributed by atoms with Gasteiger partial charge in [-0.3, -0.25) is 9.59 Å². The summed E-state index contributed by atoms with van der Waals surface area (Å²) in [4.78, 5) is 25.3. The quantitative estimate of drug-likeness (QED) is 0.101. The SMILES string of the molecule is O=C(Nc1cc(C(F)(F)F)ccc1OCCc1ccc(Cl)c(Cl)c1)c1cc(Cl)ccc1O.O=C(Nc1cc(C(F)(F)F)ccc1Oc1ccc(Cl)c2ccccc12)c1cc(Cl)ccc1O. The average Bonchev–Trinajstić information content (AvgIpc) is 3.25. The molecule has 336 valence electrons. The van der Waals surface area contributed by atoms with Gasteiger partial charge in [0.25, 0.3) is 11.8 Å². The van der Waals surface area contributed by atoms with Crippen molar-refractivity contribution in [2.75, 3.05) is 17.2 Å². The highest BCUT2D eigenvalue weighted by atomic mass is 35.5. The van der Waals surface area contributed by atoms with Crippen LogP contribution in [0.5, 0.6) is 28.7 Å². The summed E-state index contributed by atoms with van der Waals surface area (Å²) < 4.78 is 91.1. The van der Waals surface area contributed by atoms with Crippen molar-refractivity contribution in [2.24, 2.45) is 0 Å². The van der Waals surface area contributed by atoms with Crippen molar-refractivity contribution in [2.45, 2.75) is 18.8 Å². The summed E-state index contributed by atoms with van der Waals surface area (Å²) in [7, 11) is 0. The van der Waals surface area contributed by atoms with Crippen molar-refractivity contribution >= 4 is 92.0 Å². The number of nitrogens with one attached hydrogen (secondary N) is 2. The Balaban J connectivity index is 0.000000216. The first-order valence-electron chi connectivity index (χ1n) is 18.6. The molecule has 7 aromatic rings. The van der Waals surface area contributed by atoms with Gasteiger partial charge < -0.3 is 30.3 Å². The van der Waals surface area contributed by atoms with Crippen LogP contribution in [0, 0.1) is 0 Å². The number of phenolic OH excluding ortho intramolecular Hbond substituents is 2. The van der Waals surface area contributed by atoms with Crippen molar-refractivity contribution in [1.82, 2.24) is 0 Å². The Kier molecular flexibility index (Phi) is 15.2. The average molecular weight is 997 g/mol. The van der Waals surface area contributed by atoms with Crippen LogP contribution in [0.3, 0.4) is 0 Å². The van der Waals surface area contributed by atoms with E-state index < -0.39 is 35.3 Å². The third kappa shape index (κ3) is 12.4. The Morgan fingerprint density at radius 1 is 0.523 bits per heavy atom. The van der Waals surface area contributed by atoms with Crippen LogP contribution >= 0.6 is 58.0 Å². The van der Waals surface area contributed by atoms with E-state index in [1.54, 1.807) is 54.6 Å². The molecule has 4 N–H and O–H groups in total. The minimum Gasteiger partial charge on any atom is -0.507 e. The Bertz CT molecular complexity index is 2920. The van der Waals surface area contributed by atoms with E-state index in [1.165, 1.54) is 36.4 Å². The standard InChI is InChI=1S/C24H14Cl2F3NO3.C22H15Cl3F3NO3/c25-14-6-8-20(31)17(12-14)23(32)30-19-11-13(24(27,28)29)5-9-22(19)33-21-10-7-18(26)15-3-1-2-4-16(15)21;23-14-3-5-19(30)15(11-14)21(31)29-18-10-13(22(26,27)28)2-6-20(18)32-8-7-12-1-4-16(24)17(25)9-12/h1-12,31H,(H,30,32);1-6,9-11,30H,7-8H2,(H,29,31). The maximum absolute atomic E-state index is 13.3. The molecule has 2 amide bonds. The summed E-state index contributed by atoms with van der Waals surface area (Å²) in [6.45, 7) is 0.0919. The third-order valence-corrected chi connectivity index (χ3v) is 10.7. The molecule has 7 rings (SSSR count). The minimum atomic E-state index is -4.65. The Labute approximate surface area is 390 Å². The number of hydrogen-bond acceptors (Lipinski definition) is 6. The van der Waals surface area contributed by atoms with Gasteiger partial charge in [-0.25, -0.2) is 0 Å². The van der Waals surface area contributed by atoms with E-state index in [9.17, 15) is 46.1 Å². The zero-order valence-electron chi connectivity index (χ0n) is 32.7. The molecule has 0 spiro atoms. The summed E-state index contributed by atoms with van der Waals surface area (Å²) in [5, 5.41) is 27.5. The second-order valence-corrected chi connectivity index (χ2v) is 15.8.